The molecule has 1 saturated heterocycles. The molecule has 0 unspecified atom stereocenters. The van der Waals surface area contributed by atoms with Gasteiger partial charge in [-0.1, -0.05) is 6.07 Å². The summed E-state index contributed by atoms with van der Waals surface area (Å²) in [5, 5.41) is 6.92. The second-order valence-corrected chi connectivity index (χ2v) is 8.61. The van der Waals surface area contributed by atoms with E-state index >= 15 is 0 Å². The Morgan fingerprint density at radius 2 is 1.74 bits per heavy atom. The van der Waals surface area contributed by atoms with Crippen molar-refractivity contribution in [2.75, 3.05) is 17.3 Å². The first-order chi connectivity index (χ1) is 17.0. The first-order valence-corrected chi connectivity index (χ1v) is 11.7. The van der Waals surface area contributed by atoms with E-state index in [4.69, 9.17) is 17.0 Å². The Labute approximate surface area is 209 Å². The largest absolute Gasteiger partial charge is 0.497 e. The molecule has 4 aromatic rings. The monoisotopic (exact) mass is 483 g/mol. The first kappa shape index (κ1) is 22.6. The normalized spacial score (nSPS) is 17.2. The van der Waals surface area contributed by atoms with Crippen LogP contribution in [-0.2, 0) is 4.79 Å². The number of nitrogens with one attached hydrogen (secondary N) is 2. The van der Waals surface area contributed by atoms with E-state index in [1.54, 1.807) is 13.3 Å². The second kappa shape index (κ2) is 9.60. The minimum atomic E-state index is -0.166. The van der Waals surface area contributed by atoms with Crippen LogP contribution in [0.1, 0.15) is 30.4 Å². The summed E-state index contributed by atoms with van der Waals surface area (Å²) in [6.07, 6.45) is 3.84. The second-order valence-electron chi connectivity index (χ2n) is 8.23. The van der Waals surface area contributed by atoms with Gasteiger partial charge in [-0.05, 0) is 85.0 Å². The zero-order chi connectivity index (χ0) is 24.4. The third-order valence-corrected chi connectivity index (χ3v) is 6.31. The maximum atomic E-state index is 11.5. The number of rotatable bonds is 6. The molecule has 7 nitrogen and oxygen atoms in total. The number of hydrogen-bond acceptors (Lipinski definition) is 4. The Hall–Kier alpha value is -4.17. The highest BCUT2D eigenvalue weighted by Crippen LogP contribution is 2.42. The highest BCUT2D eigenvalue weighted by atomic mass is 32.1. The van der Waals surface area contributed by atoms with Crippen LogP contribution in [0.4, 0.5) is 11.4 Å². The zero-order valence-corrected chi connectivity index (χ0v) is 20.2. The smallest absolute Gasteiger partial charge is 0.221 e. The third kappa shape index (κ3) is 4.48. The van der Waals surface area contributed by atoms with Gasteiger partial charge >= 0.3 is 0 Å². The maximum absolute atomic E-state index is 11.5. The highest BCUT2D eigenvalue weighted by molar-refractivity contribution is 7.80. The number of thiocarbonyl (C=S) groups is 1. The molecule has 2 aromatic heterocycles. The Morgan fingerprint density at radius 1 is 1.00 bits per heavy atom. The lowest BCUT2D eigenvalue weighted by molar-refractivity contribution is -0.114. The quantitative estimate of drug-likeness (QED) is 0.376. The van der Waals surface area contributed by atoms with E-state index in [-0.39, 0.29) is 18.0 Å². The Morgan fingerprint density at radius 3 is 2.40 bits per heavy atom. The van der Waals surface area contributed by atoms with Crippen molar-refractivity contribution in [1.82, 2.24) is 14.9 Å². The maximum Gasteiger partial charge on any atom is 0.221 e. The molecule has 35 heavy (non-hydrogen) atoms. The molecular weight excluding hydrogens is 458 g/mol. The van der Waals surface area contributed by atoms with E-state index in [2.05, 4.69) is 31.2 Å². The molecule has 1 aliphatic rings. The van der Waals surface area contributed by atoms with Gasteiger partial charge in [0.1, 0.15) is 11.8 Å². The molecule has 2 atom stereocenters. The Bertz CT molecular complexity index is 1340. The Kier molecular flexibility index (Phi) is 6.20. The zero-order valence-electron chi connectivity index (χ0n) is 19.4. The number of methoxy groups -OCH3 is 1. The van der Waals surface area contributed by atoms with Crippen LogP contribution in [0.25, 0.3) is 5.69 Å². The topological polar surface area (TPSA) is 71.4 Å². The minimum Gasteiger partial charge on any atom is -0.497 e. The van der Waals surface area contributed by atoms with Crippen LogP contribution in [-0.4, -0.2) is 27.7 Å². The van der Waals surface area contributed by atoms with Crippen molar-refractivity contribution < 1.29 is 9.53 Å². The minimum absolute atomic E-state index is 0.110. The predicted molar refractivity (Wildman–Crippen MR) is 141 cm³/mol. The summed E-state index contributed by atoms with van der Waals surface area (Å²) in [4.78, 5) is 18.2. The summed E-state index contributed by atoms with van der Waals surface area (Å²) in [5.74, 6) is 0.694. The molecule has 8 heteroatoms. The highest BCUT2D eigenvalue weighted by Gasteiger charge is 2.42. The number of amides is 1. The molecule has 3 heterocycles. The summed E-state index contributed by atoms with van der Waals surface area (Å²) in [5.41, 5.74) is 4.63. The van der Waals surface area contributed by atoms with Crippen LogP contribution in [0.3, 0.4) is 0 Å². The standard InChI is InChI=1S/C27H25N5O2S/c1-18(33)29-19-8-10-21(11-9-19)32-26(25(30-27(32)35)23-6-3-4-16-28-23)24-7-5-17-31(24)20-12-14-22(34-2)15-13-20/h3-17,25-26H,1-2H3,(H,29,33)(H,30,35)/t25-,26-/m1/s1. The molecule has 1 fully saturated rings. The lowest BCUT2D eigenvalue weighted by Crippen LogP contribution is -2.30. The van der Waals surface area contributed by atoms with Crippen molar-refractivity contribution in [2.24, 2.45) is 0 Å². The number of aromatic nitrogens is 2. The van der Waals surface area contributed by atoms with Crippen molar-refractivity contribution >= 4 is 34.6 Å². The van der Waals surface area contributed by atoms with Crippen molar-refractivity contribution in [3.63, 3.8) is 0 Å². The number of anilines is 2. The van der Waals surface area contributed by atoms with Gasteiger partial charge in [-0.25, -0.2) is 0 Å². The van der Waals surface area contributed by atoms with Gasteiger partial charge in [-0.15, -0.1) is 0 Å². The van der Waals surface area contributed by atoms with Crippen molar-refractivity contribution in [3.05, 3.63) is 103 Å². The van der Waals surface area contributed by atoms with Crippen molar-refractivity contribution in [2.45, 2.75) is 19.0 Å². The summed E-state index contributed by atoms with van der Waals surface area (Å²) < 4.78 is 7.50. The number of ether oxygens (including phenoxy) is 1. The van der Waals surface area contributed by atoms with Crippen LogP contribution >= 0.6 is 12.2 Å². The summed E-state index contributed by atoms with van der Waals surface area (Å²) in [6, 6.07) is 25.4. The molecule has 176 valence electrons. The van der Waals surface area contributed by atoms with E-state index in [0.717, 1.165) is 34.2 Å². The molecule has 1 amide bonds. The van der Waals surface area contributed by atoms with Gasteiger partial charge in [0.2, 0.25) is 5.91 Å². The predicted octanol–water partition coefficient (Wildman–Crippen LogP) is 5.02. The van der Waals surface area contributed by atoms with Gasteiger partial charge in [0.15, 0.2) is 5.11 Å². The van der Waals surface area contributed by atoms with Crippen LogP contribution in [0.5, 0.6) is 5.75 Å². The SMILES string of the molecule is COc1ccc(-n2cccc2[C@@H]2[C@@H](c3ccccn3)NC(=S)N2c2ccc(NC(C)=O)cc2)cc1. The average molecular weight is 484 g/mol. The van der Waals surface area contributed by atoms with E-state index in [9.17, 15) is 4.79 Å². The van der Waals surface area contributed by atoms with Crippen molar-refractivity contribution in [3.8, 4) is 11.4 Å². The Balaban J connectivity index is 1.59. The van der Waals surface area contributed by atoms with Crippen LogP contribution < -0.4 is 20.3 Å². The lowest BCUT2D eigenvalue weighted by atomic mass is 10.0. The van der Waals surface area contributed by atoms with E-state index < -0.39 is 0 Å². The molecule has 2 N–H and O–H groups in total. The molecule has 0 radical (unpaired) electrons. The van der Waals surface area contributed by atoms with Gasteiger partial charge in [0.05, 0.1) is 18.8 Å². The first-order valence-electron chi connectivity index (χ1n) is 11.2. The fourth-order valence-corrected chi connectivity index (χ4v) is 4.80. The summed E-state index contributed by atoms with van der Waals surface area (Å²) in [6.45, 7) is 1.49. The summed E-state index contributed by atoms with van der Waals surface area (Å²) >= 11 is 5.84. The lowest BCUT2D eigenvalue weighted by Gasteiger charge is -2.29. The van der Waals surface area contributed by atoms with E-state index in [1.165, 1.54) is 6.92 Å². The molecule has 0 aliphatic carbocycles. The van der Waals surface area contributed by atoms with Crippen LogP contribution in [0.15, 0.2) is 91.3 Å². The molecule has 0 saturated carbocycles. The fraction of sp³-hybridized carbons (Fsp3) is 0.148. The average Bonchev–Trinajstić information content (AvgIpc) is 3.49. The van der Waals surface area contributed by atoms with Crippen LogP contribution in [0.2, 0.25) is 0 Å². The number of benzene rings is 2. The molecule has 0 bridgehead atoms. The molecule has 2 aromatic carbocycles. The third-order valence-electron chi connectivity index (χ3n) is 6.00. The van der Waals surface area contributed by atoms with Gasteiger partial charge in [0.25, 0.3) is 0 Å². The van der Waals surface area contributed by atoms with Gasteiger partial charge in [0, 0.05) is 42.1 Å². The number of carbonyl (C=O) groups is 1. The van der Waals surface area contributed by atoms with E-state index in [1.807, 2.05) is 79.0 Å². The molecule has 0 spiro atoms. The number of hydrogen-bond donors (Lipinski definition) is 2. The number of pyridine rings is 1. The molecule has 5 rings (SSSR count). The van der Waals surface area contributed by atoms with E-state index in [0.29, 0.717) is 5.11 Å². The van der Waals surface area contributed by atoms with Crippen LogP contribution in [0, 0.1) is 0 Å². The number of nitrogens with zero attached hydrogens (tertiary/aromatic N) is 3. The fourth-order valence-electron chi connectivity index (χ4n) is 4.46. The van der Waals surface area contributed by atoms with Gasteiger partial charge in [-0.2, -0.15) is 0 Å². The van der Waals surface area contributed by atoms with Crippen molar-refractivity contribution in [1.29, 1.82) is 0 Å². The molecular formula is C27H25N5O2S. The van der Waals surface area contributed by atoms with Gasteiger partial charge < -0.3 is 24.8 Å². The summed E-state index contributed by atoms with van der Waals surface area (Å²) in [7, 11) is 1.66. The van der Waals surface area contributed by atoms with Gasteiger partial charge in [-0.3, -0.25) is 9.78 Å². The molecule has 1 aliphatic heterocycles. The number of carbonyl (C=O) groups excluding carboxylic acids is 1.